The van der Waals surface area contributed by atoms with Gasteiger partial charge in [0.05, 0.1) is 23.9 Å². The Kier molecular flexibility index (Phi) is 7.48. The van der Waals surface area contributed by atoms with Crippen LogP contribution in [0.2, 0.25) is 0 Å². The second-order valence-corrected chi connectivity index (χ2v) is 7.62. The summed E-state index contributed by atoms with van der Waals surface area (Å²) in [6.07, 6.45) is 0. The number of nitrogens with one attached hydrogen (secondary N) is 2. The van der Waals surface area contributed by atoms with Gasteiger partial charge in [0.2, 0.25) is 0 Å². The first kappa shape index (κ1) is 18.7. The molecule has 7 nitrogen and oxygen atoms in total. The minimum absolute atomic E-state index is 0.0289. The third-order valence-electron chi connectivity index (χ3n) is 3.81. The Balaban J connectivity index is 1.69. The van der Waals surface area contributed by atoms with E-state index in [0.29, 0.717) is 17.4 Å². The Morgan fingerprint density at radius 2 is 1.83 bits per heavy atom. The van der Waals surface area contributed by atoms with Gasteiger partial charge >= 0.3 is 0 Å². The molecule has 0 aromatic heterocycles. The highest BCUT2D eigenvalue weighted by Crippen LogP contribution is 2.09. The van der Waals surface area contributed by atoms with Gasteiger partial charge in [0, 0.05) is 39.8 Å². The van der Waals surface area contributed by atoms with Gasteiger partial charge in [-0.3, -0.25) is 9.89 Å². The summed E-state index contributed by atoms with van der Waals surface area (Å²) in [6, 6.07) is 8.49. The summed E-state index contributed by atoms with van der Waals surface area (Å²) in [5.74, 6) is 0.646. The summed E-state index contributed by atoms with van der Waals surface area (Å²) < 4.78 is 29.7. The highest BCUT2D eigenvalue weighted by molar-refractivity contribution is 7.91. The minimum Gasteiger partial charge on any atom is -0.379 e. The molecule has 134 valence electrons. The molecule has 0 bridgehead atoms. The van der Waals surface area contributed by atoms with Crippen molar-refractivity contribution < 1.29 is 13.2 Å². The molecule has 2 N–H and O–H groups in total. The standard InChI is InChI=1S/C16H26N4O3S/c1-17-16(18-7-9-20-10-12-23-13-11-20)19-8-14-24(21,22)15-5-3-2-4-6-15/h2-6H,7-14H2,1H3,(H2,17,18,19). The number of sulfone groups is 1. The van der Waals surface area contributed by atoms with E-state index in [0.717, 1.165) is 39.4 Å². The molecule has 1 fully saturated rings. The Labute approximate surface area is 144 Å². The predicted octanol–water partition coefficient (Wildman–Crippen LogP) is -0.0425. The van der Waals surface area contributed by atoms with Gasteiger partial charge in [-0.05, 0) is 12.1 Å². The molecule has 1 saturated heterocycles. The fraction of sp³-hybridized carbons (Fsp3) is 0.562. The third-order valence-corrected chi connectivity index (χ3v) is 5.55. The van der Waals surface area contributed by atoms with Crippen molar-refractivity contribution in [2.45, 2.75) is 4.90 Å². The quantitative estimate of drug-likeness (QED) is 0.528. The van der Waals surface area contributed by atoms with Crippen molar-refractivity contribution in [1.29, 1.82) is 0 Å². The SMILES string of the molecule is CN=C(NCCN1CCOCC1)NCCS(=O)(=O)c1ccccc1. The van der Waals surface area contributed by atoms with Crippen molar-refractivity contribution in [3.63, 3.8) is 0 Å². The zero-order valence-electron chi connectivity index (χ0n) is 14.1. The number of nitrogens with zero attached hydrogens (tertiary/aromatic N) is 2. The monoisotopic (exact) mass is 354 g/mol. The molecule has 0 saturated carbocycles. The van der Waals surface area contributed by atoms with E-state index in [-0.39, 0.29) is 5.75 Å². The van der Waals surface area contributed by atoms with E-state index in [1.165, 1.54) is 0 Å². The molecule has 0 amide bonds. The maximum absolute atomic E-state index is 12.2. The number of rotatable bonds is 7. The predicted molar refractivity (Wildman–Crippen MR) is 95.1 cm³/mol. The maximum Gasteiger partial charge on any atom is 0.191 e. The molecule has 1 heterocycles. The van der Waals surface area contributed by atoms with Crippen LogP contribution in [0.3, 0.4) is 0 Å². The second-order valence-electron chi connectivity index (χ2n) is 5.51. The summed E-state index contributed by atoms with van der Waals surface area (Å²) in [5.41, 5.74) is 0. The molecule has 0 atom stereocenters. The molecule has 1 aliphatic heterocycles. The van der Waals surface area contributed by atoms with Crippen molar-refractivity contribution >= 4 is 15.8 Å². The molecule has 24 heavy (non-hydrogen) atoms. The van der Waals surface area contributed by atoms with E-state index in [1.54, 1.807) is 37.4 Å². The number of benzene rings is 1. The Morgan fingerprint density at radius 1 is 1.17 bits per heavy atom. The van der Waals surface area contributed by atoms with Crippen LogP contribution in [0.1, 0.15) is 0 Å². The van der Waals surface area contributed by atoms with E-state index >= 15 is 0 Å². The number of guanidine groups is 1. The van der Waals surface area contributed by atoms with Crippen LogP contribution in [-0.2, 0) is 14.6 Å². The van der Waals surface area contributed by atoms with Gasteiger partial charge in [-0.1, -0.05) is 18.2 Å². The van der Waals surface area contributed by atoms with Crippen molar-refractivity contribution in [3.8, 4) is 0 Å². The number of ether oxygens (including phenoxy) is 1. The van der Waals surface area contributed by atoms with Gasteiger partial charge in [0.1, 0.15) is 0 Å². The number of aliphatic imine (C=N–C) groups is 1. The summed E-state index contributed by atoms with van der Waals surface area (Å²) in [6.45, 7) is 5.44. The summed E-state index contributed by atoms with van der Waals surface area (Å²) in [4.78, 5) is 6.79. The lowest BCUT2D eigenvalue weighted by Crippen LogP contribution is -2.45. The van der Waals surface area contributed by atoms with E-state index in [2.05, 4.69) is 20.5 Å². The first-order chi connectivity index (χ1) is 11.6. The zero-order chi connectivity index (χ0) is 17.3. The van der Waals surface area contributed by atoms with Crippen LogP contribution in [0, 0.1) is 0 Å². The molecule has 8 heteroatoms. The highest BCUT2D eigenvalue weighted by atomic mass is 32.2. The fourth-order valence-electron chi connectivity index (χ4n) is 2.43. The average Bonchev–Trinajstić information content (AvgIpc) is 2.62. The van der Waals surface area contributed by atoms with Crippen LogP contribution in [-0.4, -0.2) is 78.0 Å². The Morgan fingerprint density at radius 3 is 2.50 bits per heavy atom. The second kappa shape index (κ2) is 9.61. The molecule has 1 aliphatic rings. The lowest BCUT2D eigenvalue weighted by atomic mass is 10.4. The molecule has 2 rings (SSSR count). The molecular weight excluding hydrogens is 328 g/mol. The van der Waals surface area contributed by atoms with E-state index in [9.17, 15) is 8.42 Å². The Hall–Kier alpha value is -1.64. The van der Waals surface area contributed by atoms with Gasteiger partial charge in [-0.25, -0.2) is 8.42 Å². The minimum atomic E-state index is -3.27. The first-order valence-corrected chi connectivity index (χ1v) is 9.79. The van der Waals surface area contributed by atoms with Gasteiger partial charge in [0.25, 0.3) is 0 Å². The van der Waals surface area contributed by atoms with Crippen molar-refractivity contribution in [1.82, 2.24) is 15.5 Å². The van der Waals surface area contributed by atoms with Crippen molar-refractivity contribution in [2.24, 2.45) is 4.99 Å². The topological polar surface area (TPSA) is 83.0 Å². The van der Waals surface area contributed by atoms with E-state index in [4.69, 9.17) is 4.74 Å². The summed E-state index contributed by atoms with van der Waals surface area (Å²) in [5, 5.41) is 6.25. The molecule has 0 unspecified atom stereocenters. The molecule has 0 radical (unpaired) electrons. The molecular formula is C16H26N4O3S. The van der Waals surface area contributed by atoms with E-state index in [1.807, 2.05) is 0 Å². The van der Waals surface area contributed by atoms with Crippen LogP contribution in [0.15, 0.2) is 40.2 Å². The largest absolute Gasteiger partial charge is 0.379 e. The molecule has 0 aliphatic carbocycles. The summed E-state index contributed by atoms with van der Waals surface area (Å²) >= 11 is 0. The van der Waals surface area contributed by atoms with Crippen LogP contribution in [0.5, 0.6) is 0 Å². The van der Waals surface area contributed by atoms with Crippen LogP contribution in [0.25, 0.3) is 0 Å². The third kappa shape index (κ3) is 6.10. The van der Waals surface area contributed by atoms with Crippen LogP contribution in [0.4, 0.5) is 0 Å². The lowest BCUT2D eigenvalue weighted by molar-refractivity contribution is 0.0389. The van der Waals surface area contributed by atoms with Gasteiger partial charge in [-0.15, -0.1) is 0 Å². The number of hydrogen-bond acceptors (Lipinski definition) is 5. The zero-order valence-corrected chi connectivity index (χ0v) is 14.9. The Bertz CT molecular complexity index is 613. The molecule has 1 aromatic carbocycles. The van der Waals surface area contributed by atoms with Crippen LogP contribution >= 0.6 is 0 Å². The smallest absolute Gasteiger partial charge is 0.191 e. The van der Waals surface area contributed by atoms with Crippen molar-refractivity contribution in [2.75, 3.05) is 58.7 Å². The fourth-order valence-corrected chi connectivity index (χ4v) is 3.61. The van der Waals surface area contributed by atoms with E-state index < -0.39 is 9.84 Å². The average molecular weight is 354 g/mol. The highest BCUT2D eigenvalue weighted by Gasteiger charge is 2.14. The number of morpholine rings is 1. The van der Waals surface area contributed by atoms with Gasteiger partial charge < -0.3 is 15.4 Å². The first-order valence-electron chi connectivity index (χ1n) is 8.14. The lowest BCUT2D eigenvalue weighted by Gasteiger charge is -2.26. The number of hydrogen-bond donors (Lipinski definition) is 2. The summed E-state index contributed by atoms with van der Waals surface area (Å²) in [7, 11) is -1.59. The maximum atomic E-state index is 12.2. The molecule has 1 aromatic rings. The normalized spacial score (nSPS) is 16.8. The van der Waals surface area contributed by atoms with Crippen molar-refractivity contribution in [3.05, 3.63) is 30.3 Å². The van der Waals surface area contributed by atoms with Crippen LogP contribution < -0.4 is 10.6 Å². The van der Waals surface area contributed by atoms with Gasteiger partial charge in [-0.2, -0.15) is 0 Å². The molecule has 0 spiro atoms. The van der Waals surface area contributed by atoms with Gasteiger partial charge in [0.15, 0.2) is 15.8 Å².